The first kappa shape index (κ1) is 41.7. The molecule has 59 heavy (non-hydrogen) atoms. The quantitative estimate of drug-likeness (QED) is 0.0810. The van der Waals surface area contributed by atoms with Gasteiger partial charge in [0.25, 0.3) is 0 Å². The third-order valence-electron chi connectivity index (χ3n) is 10.8. The van der Waals surface area contributed by atoms with E-state index in [4.69, 9.17) is 37.4 Å². The van der Waals surface area contributed by atoms with Crippen molar-refractivity contribution in [3.63, 3.8) is 0 Å². The van der Waals surface area contributed by atoms with Crippen molar-refractivity contribution >= 4 is 41.0 Å². The van der Waals surface area contributed by atoms with E-state index < -0.39 is 24.6 Å². The van der Waals surface area contributed by atoms with Crippen LogP contribution in [0.15, 0.2) is 97.5 Å². The molecule has 3 saturated heterocycles. The van der Waals surface area contributed by atoms with E-state index in [1.807, 2.05) is 49.4 Å². The second kappa shape index (κ2) is 18.6. The highest BCUT2D eigenvalue weighted by Gasteiger charge is 2.38. The number of carboxylic acid groups (broad SMARTS) is 1. The van der Waals surface area contributed by atoms with Gasteiger partial charge in [-0.25, -0.2) is 9.59 Å². The van der Waals surface area contributed by atoms with Gasteiger partial charge in [0.15, 0.2) is 23.9 Å². The molecule has 0 saturated carbocycles. The lowest BCUT2D eigenvalue weighted by atomic mass is 9.82. The summed E-state index contributed by atoms with van der Waals surface area (Å²) in [4.78, 5) is 35.7. The minimum absolute atomic E-state index is 0.0120. The van der Waals surface area contributed by atoms with Gasteiger partial charge in [0.2, 0.25) is 0 Å². The van der Waals surface area contributed by atoms with Crippen molar-refractivity contribution in [2.24, 2.45) is 5.92 Å². The van der Waals surface area contributed by atoms with Crippen LogP contribution in [-0.2, 0) is 17.7 Å². The topological polar surface area (TPSA) is 128 Å². The lowest BCUT2D eigenvalue weighted by molar-refractivity contribution is -0.605. The van der Waals surface area contributed by atoms with E-state index in [1.165, 1.54) is 23.1 Å². The number of nitrogens with zero attached hydrogens (tertiary/aromatic N) is 4. The monoisotopic (exact) mass is 846 g/mol. The SMILES string of the molecule is CCCOc1cc([C@H](Cc2c(Cl)c[n+]([O-])cc2Cl)c2cc(CN(C(=O)O[C@H]3CN4CCC3CC4)c3cccc(-c4ccccn4)c3)ccc2C(=O)O)ccc1OC(F)F. The van der Waals surface area contributed by atoms with Crippen LogP contribution in [0.1, 0.15) is 64.7 Å². The van der Waals surface area contributed by atoms with Gasteiger partial charge in [-0.15, -0.1) is 0 Å². The fourth-order valence-electron chi connectivity index (χ4n) is 7.84. The average molecular weight is 848 g/mol. The van der Waals surface area contributed by atoms with Crippen LogP contribution in [0.3, 0.4) is 0 Å². The fourth-order valence-corrected chi connectivity index (χ4v) is 8.44. The summed E-state index contributed by atoms with van der Waals surface area (Å²) in [6, 6.07) is 22.2. The van der Waals surface area contributed by atoms with E-state index in [2.05, 4.69) is 9.88 Å². The maximum atomic E-state index is 14.4. The second-order valence-electron chi connectivity index (χ2n) is 14.6. The number of amides is 1. The molecule has 1 amide bonds. The zero-order valence-corrected chi connectivity index (χ0v) is 33.6. The summed E-state index contributed by atoms with van der Waals surface area (Å²) in [6.07, 6.45) is 5.58. The normalized spacial score (nSPS) is 17.7. The number of ether oxygens (including phenoxy) is 3. The number of hydrogen-bond acceptors (Lipinski definition) is 8. The van der Waals surface area contributed by atoms with E-state index in [1.54, 1.807) is 24.4 Å². The highest BCUT2D eigenvalue weighted by Crippen LogP contribution is 2.40. The summed E-state index contributed by atoms with van der Waals surface area (Å²) in [5.41, 5.74) is 3.65. The summed E-state index contributed by atoms with van der Waals surface area (Å²) in [5.74, 6) is -2.00. The van der Waals surface area contributed by atoms with E-state index in [0.29, 0.717) is 51.3 Å². The van der Waals surface area contributed by atoms with Crippen molar-refractivity contribution in [3.05, 3.63) is 141 Å². The Morgan fingerprint density at radius 1 is 1.00 bits per heavy atom. The van der Waals surface area contributed by atoms with Gasteiger partial charge in [0.1, 0.15) is 16.1 Å². The molecule has 2 bridgehead atoms. The lowest BCUT2D eigenvalue weighted by Gasteiger charge is -2.44. The van der Waals surface area contributed by atoms with Gasteiger partial charge >= 0.3 is 18.7 Å². The van der Waals surface area contributed by atoms with Gasteiger partial charge in [-0.3, -0.25) is 14.8 Å². The summed E-state index contributed by atoms with van der Waals surface area (Å²) < 4.78 is 44.3. The maximum Gasteiger partial charge on any atom is 0.414 e. The molecule has 0 spiro atoms. The maximum absolute atomic E-state index is 14.4. The van der Waals surface area contributed by atoms with Gasteiger partial charge in [0.05, 0.1) is 24.4 Å². The molecule has 15 heteroatoms. The lowest BCUT2D eigenvalue weighted by Crippen LogP contribution is -2.53. The first-order valence-electron chi connectivity index (χ1n) is 19.3. The number of aromatic nitrogens is 2. The summed E-state index contributed by atoms with van der Waals surface area (Å²) in [6.45, 7) is 1.51. The molecule has 3 aliphatic rings. The number of benzene rings is 3. The van der Waals surface area contributed by atoms with Crippen molar-refractivity contribution < 1.29 is 42.4 Å². The number of fused-ring (bicyclic) bond motifs is 3. The Hall–Kier alpha value is -5.50. The number of rotatable bonds is 15. The van der Waals surface area contributed by atoms with Crippen LogP contribution in [0, 0.1) is 11.1 Å². The van der Waals surface area contributed by atoms with E-state index in [-0.39, 0.29) is 58.7 Å². The van der Waals surface area contributed by atoms with E-state index >= 15 is 0 Å². The molecule has 1 N–H and O–H groups in total. The molecule has 0 radical (unpaired) electrons. The Labute approximate surface area is 350 Å². The molecule has 0 unspecified atom stereocenters. The van der Waals surface area contributed by atoms with Crippen LogP contribution >= 0.6 is 23.2 Å². The molecule has 5 heterocycles. The van der Waals surface area contributed by atoms with Crippen LogP contribution in [0.2, 0.25) is 10.0 Å². The number of hydrogen-bond donors (Lipinski definition) is 1. The largest absolute Gasteiger partial charge is 0.619 e. The van der Waals surface area contributed by atoms with Crippen LogP contribution in [-0.4, -0.2) is 66.0 Å². The molecule has 8 rings (SSSR count). The van der Waals surface area contributed by atoms with Gasteiger partial charge in [0, 0.05) is 35.5 Å². The molecule has 3 aliphatic heterocycles. The fraction of sp³-hybridized carbons (Fsp3) is 0.318. The van der Waals surface area contributed by atoms with Crippen molar-refractivity contribution in [3.8, 4) is 22.8 Å². The number of piperidine rings is 3. The highest BCUT2D eigenvalue weighted by molar-refractivity contribution is 6.35. The molecule has 5 aromatic rings. The van der Waals surface area contributed by atoms with Crippen molar-refractivity contribution in [2.75, 3.05) is 31.1 Å². The predicted octanol–water partition coefficient (Wildman–Crippen LogP) is 9.39. The molecule has 2 atom stereocenters. The number of halogens is 4. The molecule has 308 valence electrons. The number of anilines is 1. The van der Waals surface area contributed by atoms with Gasteiger partial charge in [-0.1, -0.05) is 66.5 Å². The second-order valence-corrected chi connectivity index (χ2v) is 15.4. The van der Waals surface area contributed by atoms with Crippen molar-refractivity contribution in [1.82, 2.24) is 9.88 Å². The Bertz CT molecular complexity index is 2270. The summed E-state index contributed by atoms with van der Waals surface area (Å²) >= 11 is 13.2. The number of carboxylic acids is 1. The van der Waals surface area contributed by atoms with Crippen LogP contribution in [0.5, 0.6) is 11.5 Å². The first-order chi connectivity index (χ1) is 28.5. The van der Waals surface area contributed by atoms with Crippen LogP contribution < -0.4 is 19.1 Å². The third kappa shape index (κ3) is 9.86. The standard InChI is InChI=1S/C44H42Cl2F2N4O7/c1-2-18-57-40-21-29(10-12-39(40)58-43(47)48)33(22-35-36(45)24-51(56)25-37(35)46)34-19-27(9-11-32(34)42(53)54)23-52(44(55)59-41-26-50-16-13-28(41)14-17-50)31-7-5-6-30(20-31)38-8-3-4-15-49-38/h3-12,15,19-21,24-25,28,33,41,43H,2,13-14,16-18,22-23,26H2,1H3,(H,53,54)/t33-,41-/m0/s1. The molecular weight excluding hydrogens is 805 g/mol. The minimum Gasteiger partial charge on any atom is -0.619 e. The Morgan fingerprint density at radius 3 is 2.44 bits per heavy atom. The molecule has 3 aromatic carbocycles. The number of carbonyl (C=O) groups is 2. The third-order valence-corrected chi connectivity index (χ3v) is 11.4. The Balaban J connectivity index is 1.33. The van der Waals surface area contributed by atoms with Gasteiger partial charge in [-0.05, 0) is 104 Å². The molecule has 3 fully saturated rings. The van der Waals surface area contributed by atoms with Gasteiger partial charge in [-0.2, -0.15) is 13.5 Å². The minimum atomic E-state index is -3.12. The van der Waals surface area contributed by atoms with Crippen LogP contribution in [0.4, 0.5) is 19.3 Å². The smallest absolute Gasteiger partial charge is 0.414 e. The molecular formula is C44H42Cl2F2N4O7. The number of pyridine rings is 2. The summed E-state index contributed by atoms with van der Waals surface area (Å²) in [5, 5.41) is 22.9. The first-order valence-corrected chi connectivity index (χ1v) is 20.1. The van der Waals surface area contributed by atoms with E-state index in [9.17, 15) is 28.7 Å². The van der Waals surface area contributed by atoms with Crippen LogP contribution in [0.25, 0.3) is 11.3 Å². The zero-order valence-electron chi connectivity index (χ0n) is 32.1. The number of carbonyl (C=O) groups excluding carboxylic acids is 1. The van der Waals surface area contributed by atoms with Gasteiger partial charge < -0.3 is 24.5 Å². The number of aromatic carboxylic acids is 1. The number of alkyl halides is 2. The molecule has 2 aromatic heterocycles. The van der Waals surface area contributed by atoms with Crippen molar-refractivity contribution in [1.29, 1.82) is 0 Å². The molecule has 11 nitrogen and oxygen atoms in total. The average Bonchev–Trinajstić information content (AvgIpc) is 3.22. The Kier molecular flexibility index (Phi) is 13.1. The molecule has 0 aliphatic carbocycles. The summed E-state index contributed by atoms with van der Waals surface area (Å²) in [7, 11) is 0. The Morgan fingerprint density at radius 2 is 1.78 bits per heavy atom. The van der Waals surface area contributed by atoms with Crippen molar-refractivity contribution in [2.45, 2.75) is 57.8 Å². The zero-order chi connectivity index (χ0) is 41.6. The highest BCUT2D eigenvalue weighted by atomic mass is 35.5. The van der Waals surface area contributed by atoms with E-state index in [0.717, 1.165) is 43.9 Å². The predicted molar refractivity (Wildman–Crippen MR) is 219 cm³/mol.